The molecular formula is C21H25ClN2O5S. The Labute approximate surface area is 185 Å². The molecule has 1 aromatic rings. The number of rotatable bonds is 6. The van der Waals surface area contributed by atoms with Crippen LogP contribution in [-0.4, -0.2) is 59.7 Å². The van der Waals surface area contributed by atoms with Gasteiger partial charge in [0, 0.05) is 13.1 Å². The van der Waals surface area contributed by atoms with Crippen molar-refractivity contribution in [1.29, 1.82) is 0 Å². The Hall–Kier alpha value is -2.19. The van der Waals surface area contributed by atoms with Crippen LogP contribution in [0, 0.1) is 0 Å². The van der Waals surface area contributed by atoms with Crippen molar-refractivity contribution < 1.29 is 23.9 Å². The van der Waals surface area contributed by atoms with Gasteiger partial charge in [-0.25, -0.2) is 0 Å². The molecule has 1 aromatic carbocycles. The fourth-order valence-electron chi connectivity index (χ4n) is 3.34. The number of hydrogen-bond acceptors (Lipinski definition) is 6. The Bertz CT molecular complexity index is 880. The minimum atomic E-state index is -0.479. The molecule has 162 valence electrons. The van der Waals surface area contributed by atoms with Crippen LogP contribution in [0.5, 0.6) is 11.5 Å². The van der Waals surface area contributed by atoms with E-state index in [1.165, 1.54) is 7.11 Å². The number of amides is 3. The second-order valence-electron chi connectivity index (χ2n) is 7.41. The molecule has 0 aromatic heterocycles. The molecule has 2 aliphatic heterocycles. The van der Waals surface area contributed by atoms with E-state index in [9.17, 15) is 14.4 Å². The first kappa shape index (κ1) is 22.5. The SMILES string of the molecule is COc1cc(C=C2SC(=O)N(CC(=O)N3CCCCC3)C2=O)cc(Cl)c1OC(C)C. The molecule has 30 heavy (non-hydrogen) atoms. The normalized spacial score (nSPS) is 18.5. The molecule has 0 spiro atoms. The Balaban J connectivity index is 1.78. The second-order valence-corrected chi connectivity index (χ2v) is 8.81. The van der Waals surface area contributed by atoms with Crippen LogP contribution in [-0.2, 0) is 9.59 Å². The van der Waals surface area contributed by atoms with Gasteiger partial charge in [0.15, 0.2) is 11.5 Å². The molecule has 0 N–H and O–H groups in total. The maximum Gasteiger partial charge on any atom is 0.294 e. The van der Waals surface area contributed by atoms with Crippen LogP contribution in [0.2, 0.25) is 5.02 Å². The molecule has 2 fully saturated rings. The van der Waals surface area contributed by atoms with Crippen molar-refractivity contribution in [2.75, 3.05) is 26.7 Å². The first-order valence-electron chi connectivity index (χ1n) is 9.87. The Morgan fingerprint density at radius 3 is 2.57 bits per heavy atom. The monoisotopic (exact) mass is 452 g/mol. The maximum absolute atomic E-state index is 12.7. The summed E-state index contributed by atoms with van der Waals surface area (Å²) in [5, 5.41) is -0.108. The summed E-state index contributed by atoms with van der Waals surface area (Å²) in [6.07, 6.45) is 4.49. The lowest BCUT2D eigenvalue weighted by atomic mass is 10.1. The number of hydrogen-bond donors (Lipinski definition) is 0. The highest BCUT2D eigenvalue weighted by Gasteiger charge is 2.37. The number of carbonyl (C=O) groups is 3. The van der Waals surface area contributed by atoms with Crippen LogP contribution in [0.1, 0.15) is 38.7 Å². The van der Waals surface area contributed by atoms with Crippen LogP contribution >= 0.6 is 23.4 Å². The van der Waals surface area contributed by atoms with Crippen molar-refractivity contribution in [3.8, 4) is 11.5 Å². The molecule has 2 aliphatic rings. The van der Waals surface area contributed by atoms with Gasteiger partial charge >= 0.3 is 0 Å². The van der Waals surface area contributed by atoms with E-state index in [0.717, 1.165) is 35.9 Å². The predicted molar refractivity (Wildman–Crippen MR) is 117 cm³/mol. The number of piperidine rings is 1. The molecule has 0 saturated carbocycles. The molecule has 0 bridgehead atoms. The third kappa shape index (κ3) is 5.10. The highest BCUT2D eigenvalue weighted by molar-refractivity contribution is 8.18. The minimum Gasteiger partial charge on any atom is -0.493 e. The highest BCUT2D eigenvalue weighted by Crippen LogP contribution is 2.39. The van der Waals surface area contributed by atoms with Crippen LogP contribution in [0.4, 0.5) is 4.79 Å². The smallest absolute Gasteiger partial charge is 0.294 e. The van der Waals surface area contributed by atoms with Crippen LogP contribution in [0.15, 0.2) is 17.0 Å². The third-order valence-electron chi connectivity index (χ3n) is 4.78. The van der Waals surface area contributed by atoms with Gasteiger partial charge < -0.3 is 14.4 Å². The average molecular weight is 453 g/mol. The predicted octanol–water partition coefficient (Wildman–Crippen LogP) is 4.18. The van der Waals surface area contributed by atoms with Crippen LogP contribution in [0.25, 0.3) is 6.08 Å². The average Bonchev–Trinajstić information content (AvgIpc) is 2.97. The highest BCUT2D eigenvalue weighted by atomic mass is 35.5. The first-order chi connectivity index (χ1) is 14.3. The van der Waals surface area contributed by atoms with Gasteiger partial charge in [0.25, 0.3) is 11.1 Å². The van der Waals surface area contributed by atoms with E-state index >= 15 is 0 Å². The topological polar surface area (TPSA) is 76.2 Å². The number of nitrogens with zero attached hydrogens (tertiary/aromatic N) is 2. The lowest BCUT2D eigenvalue weighted by Gasteiger charge is -2.27. The number of carbonyl (C=O) groups excluding carboxylic acids is 3. The fourth-order valence-corrected chi connectivity index (χ4v) is 4.44. The van der Waals surface area contributed by atoms with Gasteiger partial charge in [-0.3, -0.25) is 19.3 Å². The molecule has 0 atom stereocenters. The zero-order valence-corrected chi connectivity index (χ0v) is 18.8. The molecule has 0 unspecified atom stereocenters. The summed E-state index contributed by atoms with van der Waals surface area (Å²) in [6, 6.07) is 3.34. The standard InChI is InChI=1S/C21H25ClN2O5S/c1-13(2)29-19-15(22)9-14(10-16(19)28-3)11-17-20(26)24(21(27)30-17)12-18(25)23-7-5-4-6-8-23/h9-11,13H,4-8,12H2,1-3H3. The van der Waals surface area contributed by atoms with E-state index in [4.69, 9.17) is 21.1 Å². The Morgan fingerprint density at radius 1 is 1.23 bits per heavy atom. The molecule has 9 heteroatoms. The van der Waals surface area contributed by atoms with Gasteiger partial charge in [0.1, 0.15) is 6.54 Å². The first-order valence-corrected chi connectivity index (χ1v) is 11.1. The zero-order chi connectivity index (χ0) is 21.8. The number of imide groups is 1. The molecule has 0 aliphatic carbocycles. The summed E-state index contributed by atoms with van der Waals surface area (Å²) in [6.45, 7) is 4.88. The van der Waals surface area contributed by atoms with Gasteiger partial charge in [-0.2, -0.15) is 0 Å². The van der Waals surface area contributed by atoms with Gasteiger partial charge in [0.2, 0.25) is 5.91 Å². The molecule has 7 nitrogen and oxygen atoms in total. The van der Waals surface area contributed by atoms with Crippen LogP contribution < -0.4 is 9.47 Å². The van der Waals surface area contributed by atoms with Crippen molar-refractivity contribution in [3.63, 3.8) is 0 Å². The van der Waals surface area contributed by atoms with Crippen molar-refractivity contribution in [3.05, 3.63) is 27.6 Å². The summed E-state index contributed by atoms with van der Waals surface area (Å²) in [7, 11) is 1.50. The quantitative estimate of drug-likeness (QED) is 0.602. The number of halogens is 1. The Morgan fingerprint density at radius 2 is 1.93 bits per heavy atom. The molecule has 2 heterocycles. The van der Waals surface area contributed by atoms with Gasteiger partial charge in [-0.15, -0.1) is 0 Å². The second kappa shape index (κ2) is 9.75. The summed E-state index contributed by atoms with van der Waals surface area (Å²) < 4.78 is 11.1. The van der Waals surface area contributed by atoms with Crippen LogP contribution in [0.3, 0.4) is 0 Å². The molecule has 3 amide bonds. The maximum atomic E-state index is 12.7. The van der Waals surface area contributed by atoms with Crippen molar-refractivity contribution in [1.82, 2.24) is 9.80 Å². The third-order valence-corrected chi connectivity index (χ3v) is 5.97. The molecular weight excluding hydrogens is 428 g/mol. The number of likely N-dealkylation sites (tertiary alicyclic amines) is 1. The van der Waals surface area contributed by atoms with E-state index < -0.39 is 11.1 Å². The largest absolute Gasteiger partial charge is 0.493 e. The summed E-state index contributed by atoms with van der Waals surface area (Å²) >= 11 is 7.15. The van der Waals surface area contributed by atoms with Crippen molar-refractivity contribution >= 4 is 46.5 Å². The van der Waals surface area contributed by atoms with E-state index in [2.05, 4.69) is 0 Å². The van der Waals surface area contributed by atoms with Gasteiger partial charge in [-0.1, -0.05) is 11.6 Å². The van der Waals surface area contributed by atoms with Gasteiger partial charge in [0.05, 0.1) is 23.1 Å². The lowest BCUT2D eigenvalue weighted by Crippen LogP contribution is -2.44. The zero-order valence-electron chi connectivity index (χ0n) is 17.3. The lowest BCUT2D eigenvalue weighted by molar-refractivity contribution is -0.136. The fraction of sp³-hybridized carbons (Fsp3) is 0.476. The summed E-state index contributed by atoms with van der Waals surface area (Å²) in [5.74, 6) is 0.180. The van der Waals surface area contributed by atoms with E-state index in [1.54, 1.807) is 23.1 Å². The molecule has 2 saturated heterocycles. The molecule has 3 rings (SSSR count). The van der Waals surface area contributed by atoms with Crippen molar-refractivity contribution in [2.24, 2.45) is 0 Å². The van der Waals surface area contributed by atoms with Crippen molar-refractivity contribution in [2.45, 2.75) is 39.2 Å². The van der Waals surface area contributed by atoms with E-state index in [-0.39, 0.29) is 23.5 Å². The minimum absolute atomic E-state index is 0.0869. The van der Waals surface area contributed by atoms with Gasteiger partial charge in [-0.05, 0) is 68.6 Å². The summed E-state index contributed by atoms with van der Waals surface area (Å²) in [4.78, 5) is 40.5. The summed E-state index contributed by atoms with van der Waals surface area (Å²) in [5.41, 5.74) is 0.598. The number of methoxy groups -OCH3 is 1. The Kier molecular flexibility index (Phi) is 7.31. The molecule has 0 radical (unpaired) electrons. The number of thioether (sulfide) groups is 1. The number of benzene rings is 1. The number of ether oxygens (including phenoxy) is 2. The van der Waals surface area contributed by atoms with E-state index in [0.29, 0.717) is 35.2 Å². The van der Waals surface area contributed by atoms with E-state index in [1.807, 2.05) is 13.8 Å².